The highest BCUT2D eigenvalue weighted by atomic mass is 32.2. The van der Waals surface area contributed by atoms with E-state index in [1.165, 1.54) is 12.6 Å². The van der Waals surface area contributed by atoms with Gasteiger partial charge in [0.05, 0.1) is 6.26 Å². The largest absolute Gasteiger partial charge is 0.381 e. The number of ether oxygens (including phenoxy) is 1. The molecule has 0 bridgehead atoms. The summed E-state index contributed by atoms with van der Waals surface area (Å²) in [6, 6.07) is 2.12. The molecule has 28 heavy (non-hydrogen) atoms. The van der Waals surface area contributed by atoms with Gasteiger partial charge >= 0.3 is 0 Å². The van der Waals surface area contributed by atoms with Gasteiger partial charge in [0.1, 0.15) is 12.0 Å². The predicted octanol–water partition coefficient (Wildman–Crippen LogP) is 0.0635. The molecule has 0 N–H and O–H groups in total. The van der Waals surface area contributed by atoms with Crippen LogP contribution in [0.2, 0.25) is 0 Å². The maximum atomic E-state index is 12.5. The van der Waals surface area contributed by atoms with Crippen molar-refractivity contribution in [2.24, 2.45) is 0 Å². The first-order valence-corrected chi connectivity index (χ1v) is 11.5. The van der Waals surface area contributed by atoms with Gasteiger partial charge < -0.3 is 9.64 Å². The molecule has 0 aliphatic carbocycles. The average Bonchev–Trinajstić information content (AvgIpc) is 3.19. The molecule has 10 heteroatoms. The van der Waals surface area contributed by atoms with Crippen LogP contribution < -0.4 is 0 Å². The van der Waals surface area contributed by atoms with Crippen LogP contribution in [-0.2, 0) is 14.8 Å². The van der Waals surface area contributed by atoms with Crippen molar-refractivity contribution in [2.45, 2.75) is 31.3 Å². The zero-order valence-corrected chi connectivity index (χ0v) is 17.3. The highest BCUT2D eigenvalue weighted by Crippen LogP contribution is 2.24. The van der Waals surface area contributed by atoms with E-state index in [0.29, 0.717) is 37.9 Å². The minimum atomic E-state index is -3.18. The number of aromatic nitrogens is 2. The van der Waals surface area contributed by atoms with Crippen molar-refractivity contribution >= 4 is 15.9 Å². The fourth-order valence-corrected chi connectivity index (χ4v) is 4.82. The SMILES string of the molecule is CN(CCN(C1CCOCC1)C1CCN(S(C)(=O)=O)C1)C(=O)c1ccncn1. The van der Waals surface area contributed by atoms with Gasteiger partial charge in [-0.25, -0.2) is 22.7 Å². The van der Waals surface area contributed by atoms with Gasteiger partial charge in [-0.2, -0.15) is 0 Å². The van der Waals surface area contributed by atoms with Crippen molar-refractivity contribution in [3.05, 3.63) is 24.3 Å². The second-order valence-corrected chi connectivity index (χ2v) is 9.45. The van der Waals surface area contributed by atoms with E-state index in [0.717, 1.165) is 32.5 Å². The van der Waals surface area contributed by atoms with E-state index < -0.39 is 10.0 Å². The summed E-state index contributed by atoms with van der Waals surface area (Å²) in [6.45, 7) is 3.76. The van der Waals surface area contributed by atoms with Gasteiger partial charge in [0.25, 0.3) is 5.91 Å². The zero-order chi connectivity index (χ0) is 20.1. The molecule has 1 unspecified atom stereocenters. The van der Waals surface area contributed by atoms with E-state index in [1.807, 2.05) is 0 Å². The topological polar surface area (TPSA) is 95.9 Å². The van der Waals surface area contributed by atoms with Crippen LogP contribution in [0.25, 0.3) is 0 Å². The average molecular weight is 412 g/mol. The maximum Gasteiger partial charge on any atom is 0.272 e. The Bertz CT molecular complexity index is 754. The molecular weight excluding hydrogens is 382 g/mol. The fourth-order valence-electron chi connectivity index (χ4n) is 3.94. The highest BCUT2D eigenvalue weighted by Gasteiger charge is 2.36. The summed E-state index contributed by atoms with van der Waals surface area (Å²) in [5.41, 5.74) is 0.374. The van der Waals surface area contributed by atoms with E-state index in [-0.39, 0.29) is 11.9 Å². The Balaban J connectivity index is 1.65. The van der Waals surface area contributed by atoms with Crippen molar-refractivity contribution in [2.75, 3.05) is 52.7 Å². The standard InChI is InChI=1S/C18H29N5O4S/c1-21(18(24)17-3-7-19-14-20-17)9-10-23(15-5-11-27-12-6-15)16-4-8-22(13-16)28(2,25)26/h3,7,14-16H,4-6,8-13H2,1-2H3. The summed E-state index contributed by atoms with van der Waals surface area (Å²) < 4.78 is 30.9. The Morgan fingerprint density at radius 1 is 1.25 bits per heavy atom. The van der Waals surface area contributed by atoms with Crippen molar-refractivity contribution in [1.82, 2.24) is 24.1 Å². The van der Waals surface area contributed by atoms with Crippen molar-refractivity contribution in [1.29, 1.82) is 0 Å². The van der Waals surface area contributed by atoms with Gasteiger partial charge in [-0.1, -0.05) is 0 Å². The van der Waals surface area contributed by atoms with Crippen molar-refractivity contribution < 1.29 is 17.9 Å². The quantitative estimate of drug-likeness (QED) is 0.626. The van der Waals surface area contributed by atoms with E-state index in [4.69, 9.17) is 4.74 Å². The number of sulfonamides is 1. The molecule has 1 aromatic heterocycles. The number of likely N-dealkylation sites (N-methyl/N-ethyl adjacent to an activating group) is 1. The molecule has 9 nitrogen and oxygen atoms in total. The molecule has 2 fully saturated rings. The molecule has 1 aromatic rings. The third-order valence-electron chi connectivity index (χ3n) is 5.57. The van der Waals surface area contributed by atoms with E-state index in [1.54, 1.807) is 28.5 Å². The first-order valence-electron chi connectivity index (χ1n) is 9.66. The van der Waals surface area contributed by atoms with Crippen LogP contribution in [0.5, 0.6) is 0 Å². The van der Waals surface area contributed by atoms with Crippen molar-refractivity contribution in [3.8, 4) is 0 Å². The van der Waals surface area contributed by atoms with Crippen molar-refractivity contribution in [3.63, 3.8) is 0 Å². The van der Waals surface area contributed by atoms with E-state index in [2.05, 4.69) is 14.9 Å². The second-order valence-electron chi connectivity index (χ2n) is 7.47. The Morgan fingerprint density at radius 2 is 2.00 bits per heavy atom. The van der Waals surface area contributed by atoms with Gasteiger partial charge in [0.15, 0.2) is 0 Å². The smallest absolute Gasteiger partial charge is 0.272 e. The van der Waals surface area contributed by atoms with Crippen LogP contribution in [-0.4, -0.2) is 103 Å². The Kier molecular flexibility index (Phi) is 6.97. The lowest BCUT2D eigenvalue weighted by atomic mass is 10.0. The van der Waals surface area contributed by atoms with E-state index in [9.17, 15) is 13.2 Å². The highest BCUT2D eigenvalue weighted by molar-refractivity contribution is 7.88. The summed E-state index contributed by atoms with van der Waals surface area (Å²) in [5, 5.41) is 0. The molecule has 2 aliphatic heterocycles. The Morgan fingerprint density at radius 3 is 2.61 bits per heavy atom. The lowest BCUT2D eigenvalue weighted by Crippen LogP contribution is -2.50. The maximum absolute atomic E-state index is 12.5. The van der Waals surface area contributed by atoms with Crippen LogP contribution in [0.1, 0.15) is 29.8 Å². The zero-order valence-electron chi connectivity index (χ0n) is 16.5. The molecule has 2 saturated heterocycles. The second kappa shape index (κ2) is 9.25. The van der Waals surface area contributed by atoms with E-state index >= 15 is 0 Å². The third kappa shape index (κ3) is 5.25. The van der Waals surface area contributed by atoms with Crippen LogP contribution >= 0.6 is 0 Å². The summed E-state index contributed by atoms with van der Waals surface area (Å²) in [5.74, 6) is -0.140. The minimum Gasteiger partial charge on any atom is -0.381 e. The summed E-state index contributed by atoms with van der Waals surface area (Å²) in [7, 11) is -1.41. The number of carbonyl (C=O) groups excluding carboxylic acids is 1. The number of amides is 1. The molecule has 1 amide bonds. The first kappa shape index (κ1) is 21.1. The molecule has 3 rings (SSSR count). The van der Waals surface area contributed by atoms with Crippen LogP contribution in [0.15, 0.2) is 18.6 Å². The van der Waals surface area contributed by atoms with Gasteiger partial charge in [0.2, 0.25) is 10.0 Å². The van der Waals surface area contributed by atoms with Gasteiger partial charge in [-0.3, -0.25) is 9.69 Å². The van der Waals surface area contributed by atoms with Crippen LogP contribution in [0, 0.1) is 0 Å². The van der Waals surface area contributed by atoms with Crippen LogP contribution in [0.4, 0.5) is 0 Å². The molecule has 0 saturated carbocycles. The molecule has 0 spiro atoms. The molecule has 0 aromatic carbocycles. The summed E-state index contributed by atoms with van der Waals surface area (Å²) >= 11 is 0. The molecule has 2 aliphatic rings. The van der Waals surface area contributed by atoms with Gasteiger partial charge in [-0.05, 0) is 25.3 Å². The molecule has 3 heterocycles. The summed E-state index contributed by atoms with van der Waals surface area (Å²) in [6.07, 6.45) is 6.86. The monoisotopic (exact) mass is 411 g/mol. The van der Waals surface area contributed by atoms with Crippen LogP contribution in [0.3, 0.4) is 0 Å². The third-order valence-corrected chi connectivity index (χ3v) is 6.84. The lowest BCUT2D eigenvalue weighted by molar-refractivity contribution is 0.0157. The number of hydrogen-bond donors (Lipinski definition) is 0. The number of rotatable bonds is 7. The van der Waals surface area contributed by atoms with Gasteiger partial charge in [-0.15, -0.1) is 0 Å². The Hall–Kier alpha value is -1.62. The predicted molar refractivity (Wildman–Crippen MR) is 104 cm³/mol. The molecule has 156 valence electrons. The molecular formula is C18H29N5O4S. The minimum absolute atomic E-state index is 0.140. The lowest BCUT2D eigenvalue weighted by Gasteiger charge is -2.39. The number of hydrogen-bond acceptors (Lipinski definition) is 7. The first-order chi connectivity index (χ1) is 13.4. The fraction of sp³-hybridized carbons (Fsp3) is 0.722. The Labute approximate surface area is 166 Å². The number of nitrogens with zero attached hydrogens (tertiary/aromatic N) is 5. The summed E-state index contributed by atoms with van der Waals surface area (Å²) in [4.78, 5) is 24.5. The molecule has 0 radical (unpaired) electrons. The normalized spacial score (nSPS) is 21.9. The van der Waals surface area contributed by atoms with Gasteiger partial charge in [0, 0.05) is 64.7 Å². The molecule has 1 atom stereocenters. The number of carbonyl (C=O) groups is 1.